The van der Waals surface area contributed by atoms with Crippen LogP contribution in [0.4, 0.5) is 11.4 Å². The molecule has 0 bridgehead atoms. The lowest BCUT2D eigenvalue weighted by atomic mass is 9.93. The molecule has 0 fully saturated rings. The lowest BCUT2D eigenvalue weighted by molar-refractivity contribution is 0.0972. The van der Waals surface area contributed by atoms with Gasteiger partial charge in [-0.1, -0.05) is 61.0 Å². The Balaban J connectivity index is 1.81. The summed E-state index contributed by atoms with van der Waals surface area (Å²) in [4.78, 5) is 15.1. The molecule has 3 aromatic carbocycles. The number of nitrogens with one attached hydrogen (secondary N) is 1. The fourth-order valence-electron chi connectivity index (χ4n) is 3.44. The van der Waals surface area contributed by atoms with E-state index in [0.717, 1.165) is 11.4 Å². The zero-order valence-corrected chi connectivity index (χ0v) is 15.1. The van der Waals surface area contributed by atoms with E-state index in [2.05, 4.69) is 24.4 Å². The van der Waals surface area contributed by atoms with Crippen molar-refractivity contribution in [1.29, 1.82) is 0 Å². The van der Waals surface area contributed by atoms with Gasteiger partial charge in [0.15, 0.2) is 0 Å². The number of halogens is 1. The summed E-state index contributed by atoms with van der Waals surface area (Å²) in [5.74, 6) is 0.0960. The van der Waals surface area contributed by atoms with Gasteiger partial charge < -0.3 is 5.32 Å². The highest BCUT2D eigenvalue weighted by Crippen LogP contribution is 2.35. The van der Waals surface area contributed by atoms with Gasteiger partial charge in [0.1, 0.15) is 6.17 Å². The van der Waals surface area contributed by atoms with Crippen LogP contribution in [0.25, 0.3) is 0 Å². The topological polar surface area (TPSA) is 32.3 Å². The Kier molecular flexibility index (Phi) is 4.39. The largest absolute Gasteiger partial charge is 0.364 e. The van der Waals surface area contributed by atoms with Gasteiger partial charge in [-0.15, -0.1) is 0 Å². The van der Waals surface area contributed by atoms with Crippen LogP contribution >= 0.6 is 11.6 Å². The van der Waals surface area contributed by atoms with Crippen molar-refractivity contribution in [1.82, 2.24) is 0 Å². The molecular weight excluding hydrogens is 344 g/mol. The lowest BCUT2D eigenvalue weighted by Crippen LogP contribution is -2.51. The molecule has 1 heterocycles. The SMILES string of the molecule is C[C@@H](c1ccccc1)[C@@H]1Nc2ccccc2C(=O)N1c1ccc(Cl)cc1. The molecule has 3 aromatic rings. The summed E-state index contributed by atoms with van der Waals surface area (Å²) in [7, 11) is 0. The first-order valence-corrected chi connectivity index (χ1v) is 9.02. The average Bonchev–Trinajstić information content (AvgIpc) is 2.69. The quantitative estimate of drug-likeness (QED) is 0.663. The van der Waals surface area contributed by atoms with Gasteiger partial charge in [0, 0.05) is 22.3 Å². The van der Waals surface area contributed by atoms with Gasteiger partial charge >= 0.3 is 0 Å². The van der Waals surface area contributed by atoms with Crippen LogP contribution in [-0.4, -0.2) is 12.1 Å². The number of hydrogen-bond donors (Lipinski definition) is 1. The molecule has 0 radical (unpaired) electrons. The fourth-order valence-corrected chi connectivity index (χ4v) is 3.57. The lowest BCUT2D eigenvalue weighted by Gasteiger charge is -2.41. The maximum atomic E-state index is 13.3. The van der Waals surface area contributed by atoms with Crippen molar-refractivity contribution in [3.05, 3.63) is 95.0 Å². The van der Waals surface area contributed by atoms with Gasteiger partial charge in [0.2, 0.25) is 0 Å². The standard InChI is InChI=1S/C22H19ClN2O/c1-15(16-7-3-2-4-8-16)21-24-20-10-6-5-9-19(20)22(26)25(21)18-13-11-17(23)12-14-18/h2-15,21,24H,1H3/t15-,21+/m0/s1. The molecule has 130 valence electrons. The minimum Gasteiger partial charge on any atom is -0.364 e. The summed E-state index contributed by atoms with van der Waals surface area (Å²) < 4.78 is 0. The number of carbonyl (C=O) groups excluding carboxylic acids is 1. The Bertz CT molecular complexity index is 924. The molecule has 0 saturated carbocycles. The van der Waals surface area contributed by atoms with Crippen molar-refractivity contribution < 1.29 is 4.79 Å². The van der Waals surface area contributed by atoms with Crippen LogP contribution in [0, 0.1) is 0 Å². The molecule has 0 aliphatic carbocycles. The van der Waals surface area contributed by atoms with Crippen LogP contribution in [0.5, 0.6) is 0 Å². The number of nitrogens with zero attached hydrogens (tertiary/aromatic N) is 1. The Labute approximate surface area is 158 Å². The van der Waals surface area contributed by atoms with Crippen molar-refractivity contribution >= 4 is 28.9 Å². The average molecular weight is 363 g/mol. The smallest absolute Gasteiger partial charge is 0.262 e. The van der Waals surface area contributed by atoms with Crippen molar-refractivity contribution in [3.63, 3.8) is 0 Å². The van der Waals surface area contributed by atoms with Crippen LogP contribution in [0.2, 0.25) is 5.02 Å². The summed E-state index contributed by atoms with van der Waals surface area (Å²) >= 11 is 6.04. The van der Waals surface area contributed by atoms with Gasteiger partial charge in [-0.05, 0) is 42.0 Å². The Hall–Kier alpha value is -2.78. The van der Waals surface area contributed by atoms with Crippen LogP contribution in [0.1, 0.15) is 28.8 Å². The fraction of sp³-hybridized carbons (Fsp3) is 0.136. The minimum atomic E-state index is -0.194. The Morgan fingerprint density at radius 3 is 2.31 bits per heavy atom. The third kappa shape index (κ3) is 2.95. The predicted octanol–water partition coefficient (Wildman–Crippen LogP) is 5.54. The molecule has 0 spiro atoms. The molecule has 4 rings (SSSR count). The van der Waals surface area contributed by atoms with Gasteiger partial charge in [-0.2, -0.15) is 0 Å². The molecule has 3 nitrogen and oxygen atoms in total. The number of anilines is 2. The third-order valence-electron chi connectivity index (χ3n) is 4.86. The molecule has 1 N–H and O–H groups in total. The highest BCUT2D eigenvalue weighted by Gasteiger charge is 2.36. The molecule has 2 atom stereocenters. The highest BCUT2D eigenvalue weighted by molar-refractivity contribution is 6.30. The maximum absolute atomic E-state index is 13.3. The Morgan fingerprint density at radius 1 is 0.923 bits per heavy atom. The summed E-state index contributed by atoms with van der Waals surface area (Å²) in [6, 6.07) is 25.3. The zero-order chi connectivity index (χ0) is 18.1. The number of carbonyl (C=O) groups is 1. The first-order chi connectivity index (χ1) is 12.6. The maximum Gasteiger partial charge on any atom is 0.262 e. The van der Waals surface area contributed by atoms with Gasteiger partial charge in [0.25, 0.3) is 5.91 Å². The summed E-state index contributed by atoms with van der Waals surface area (Å²) in [5.41, 5.74) is 3.56. The monoisotopic (exact) mass is 362 g/mol. The van der Waals surface area contributed by atoms with E-state index in [0.29, 0.717) is 10.6 Å². The number of para-hydroxylation sites is 1. The molecule has 0 aromatic heterocycles. The summed E-state index contributed by atoms with van der Waals surface area (Å²) in [5, 5.41) is 4.21. The van der Waals surface area contributed by atoms with Crippen LogP contribution in [0.15, 0.2) is 78.9 Å². The summed E-state index contributed by atoms with van der Waals surface area (Å²) in [6.45, 7) is 2.14. The van der Waals surface area contributed by atoms with Crippen LogP contribution in [-0.2, 0) is 0 Å². The molecule has 0 unspecified atom stereocenters. The molecule has 26 heavy (non-hydrogen) atoms. The number of rotatable bonds is 3. The van der Waals surface area contributed by atoms with E-state index in [1.807, 2.05) is 71.6 Å². The van der Waals surface area contributed by atoms with E-state index in [9.17, 15) is 4.79 Å². The summed E-state index contributed by atoms with van der Waals surface area (Å²) in [6.07, 6.45) is -0.194. The van der Waals surface area contributed by atoms with Crippen LogP contribution < -0.4 is 10.2 Å². The molecule has 1 amide bonds. The van der Waals surface area contributed by atoms with Crippen molar-refractivity contribution in [2.75, 3.05) is 10.2 Å². The number of amides is 1. The second-order valence-corrected chi connectivity index (χ2v) is 6.92. The number of hydrogen-bond acceptors (Lipinski definition) is 2. The van der Waals surface area contributed by atoms with E-state index in [1.54, 1.807) is 0 Å². The van der Waals surface area contributed by atoms with Gasteiger partial charge in [-0.3, -0.25) is 9.69 Å². The number of benzene rings is 3. The van der Waals surface area contributed by atoms with Gasteiger partial charge in [0.05, 0.1) is 5.56 Å². The van der Waals surface area contributed by atoms with Gasteiger partial charge in [-0.25, -0.2) is 0 Å². The van der Waals surface area contributed by atoms with E-state index in [-0.39, 0.29) is 18.0 Å². The molecular formula is C22H19ClN2O. The highest BCUT2D eigenvalue weighted by atomic mass is 35.5. The molecule has 4 heteroatoms. The molecule has 0 saturated heterocycles. The normalized spacial score (nSPS) is 17.4. The first-order valence-electron chi connectivity index (χ1n) is 8.65. The Morgan fingerprint density at radius 2 is 1.58 bits per heavy atom. The van der Waals surface area contributed by atoms with Crippen molar-refractivity contribution in [2.24, 2.45) is 0 Å². The second kappa shape index (κ2) is 6.85. The van der Waals surface area contributed by atoms with Crippen molar-refractivity contribution in [3.8, 4) is 0 Å². The van der Waals surface area contributed by atoms with E-state index in [4.69, 9.17) is 11.6 Å². The van der Waals surface area contributed by atoms with Crippen molar-refractivity contribution in [2.45, 2.75) is 19.0 Å². The zero-order valence-electron chi connectivity index (χ0n) is 14.4. The van der Waals surface area contributed by atoms with E-state index in [1.165, 1.54) is 5.56 Å². The van der Waals surface area contributed by atoms with Crippen LogP contribution in [0.3, 0.4) is 0 Å². The molecule has 1 aliphatic rings. The molecule has 1 aliphatic heterocycles. The minimum absolute atomic E-state index is 0.00514. The predicted molar refractivity (Wildman–Crippen MR) is 107 cm³/mol. The van der Waals surface area contributed by atoms with E-state index >= 15 is 0 Å². The first kappa shape index (κ1) is 16.7. The second-order valence-electron chi connectivity index (χ2n) is 6.49. The number of fused-ring (bicyclic) bond motifs is 1. The third-order valence-corrected chi connectivity index (χ3v) is 5.11. The van der Waals surface area contributed by atoms with E-state index < -0.39 is 0 Å².